The van der Waals surface area contributed by atoms with E-state index in [-0.39, 0.29) is 36.9 Å². The quantitative estimate of drug-likeness (QED) is 0.147. The third-order valence-electron chi connectivity index (χ3n) is 4.82. The molecule has 0 heterocycles. The van der Waals surface area contributed by atoms with Crippen molar-refractivity contribution in [3.63, 3.8) is 0 Å². The van der Waals surface area contributed by atoms with Crippen LogP contribution in [0.4, 0.5) is 0 Å². The maximum absolute atomic E-state index is 7.50. The van der Waals surface area contributed by atoms with Crippen LogP contribution in [0, 0.1) is 26.6 Å². The molecule has 0 saturated heterocycles. The molecule has 7 heteroatoms. The van der Waals surface area contributed by atoms with Gasteiger partial charge in [0.05, 0.1) is 0 Å². The van der Waals surface area contributed by atoms with Gasteiger partial charge in [-0.3, -0.25) is 0 Å². The molecule has 4 nitrogen and oxygen atoms in total. The van der Waals surface area contributed by atoms with Crippen molar-refractivity contribution in [3.05, 3.63) is 148 Å². The van der Waals surface area contributed by atoms with Crippen LogP contribution < -0.4 is 21.2 Å². The first-order chi connectivity index (χ1) is 17.9. The molecule has 0 unspecified atom stereocenters. The fourth-order valence-corrected chi connectivity index (χ4v) is 8.80. The number of rotatable bonds is 7. The smallest absolute Gasteiger partial charge is 0 e. The van der Waals surface area contributed by atoms with Gasteiger partial charge in [0, 0.05) is 21.1 Å². The first-order valence-electron chi connectivity index (χ1n) is 10.5. The van der Waals surface area contributed by atoms with Gasteiger partial charge in [-0.25, -0.2) is 0 Å². The zero-order valence-electron chi connectivity index (χ0n) is 19.9. The average molecular weight is 694 g/mol. The third kappa shape index (κ3) is 13.0. The van der Waals surface area contributed by atoms with Crippen molar-refractivity contribution in [2.24, 2.45) is 0 Å². The normalized spacial score (nSPS) is 8.59. The van der Waals surface area contributed by atoms with Crippen molar-refractivity contribution in [1.82, 2.24) is 0 Å². The third-order valence-corrected chi connectivity index (χ3v) is 10.2. The SMILES string of the molecule is [C-]#[O+].[C-]#[O+].[C-]#[O+].[C-]#[O+].[W].c1ccc(P(CCP(c2ccccc2)c2ccccc2)c2ccccc2)cc1. The molecule has 0 amide bonds. The molecule has 0 radical (unpaired) electrons. The minimum absolute atomic E-state index is 0. The van der Waals surface area contributed by atoms with Crippen molar-refractivity contribution >= 4 is 37.1 Å². The Hall–Kier alpha value is -2.61. The second kappa shape index (κ2) is 25.1. The van der Waals surface area contributed by atoms with Crippen molar-refractivity contribution in [2.75, 3.05) is 12.3 Å². The van der Waals surface area contributed by atoms with Crippen LogP contribution in [0.2, 0.25) is 0 Å². The van der Waals surface area contributed by atoms with E-state index in [0.717, 1.165) is 0 Å². The molecule has 4 rings (SSSR count). The predicted octanol–water partition coefficient (Wildman–Crippen LogP) is 5.10. The maximum Gasteiger partial charge on any atom is 0 e. The van der Waals surface area contributed by atoms with E-state index in [2.05, 4.69) is 148 Å². The van der Waals surface area contributed by atoms with Crippen LogP contribution in [-0.2, 0) is 39.7 Å². The summed E-state index contributed by atoms with van der Waals surface area (Å²) < 4.78 is 30.0. The molecule has 0 saturated carbocycles. The average Bonchev–Trinajstić information content (AvgIpc) is 3.01. The van der Waals surface area contributed by atoms with Gasteiger partial charge < -0.3 is 0 Å². The number of hydrogen-bond donors (Lipinski definition) is 0. The Balaban J connectivity index is 0. The second-order valence-electron chi connectivity index (χ2n) is 6.65. The molecule has 0 N–H and O–H groups in total. The molecule has 0 bridgehead atoms. The second-order valence-corrected chi connectivity index (χ2v) is 11.3. The van der Waals surface area contributed by atoms with Crippen molar-refractivity contribution in [3.8, 4) is 0 Å². The molecule has 37 heavy (non-hydrogen) atoms. The molecule has 184 valence electrons. The number of benzene rings is 4. The van der Waals surface area contributed by atoms with Crippen LogP contribution >= 0.6 is 15.8 Å². The molecule has 0 aliphatic rings. The van der Waals surface area contributed by atoms with Crippen LogP contribution in [0.3, 0.4) is 0 Å². The Morgan fingerprint density at radius 2 is 0.514 bits per heavy atom. The Bertz CT molecular complexity index is 964. The zero-order chi connectivity index (χ0) is 27.0. The monoisotopic (exact) mass is 694 g/mol. The van der Waals surface area contributed by atoms with Gasteiger partial charge in [-0.1, -0.05) is 121 Å². The summed E-state index contributed by atoms with van der Waals surface area (Å²) in [5.41, 5.74) is 0. The molecule has 4 aromatic carbocycles. The molecular weight excluding hydrogens is 670 g/mol. The molecule has 0 aromatic heterocycles. The molecule has 0 fully saturated rings. The van der Waals surface area contributed by atoms with Gasteiger partial charge in [-0.15, -0.1) is 0 Å². The van der Waals surface area contributed by atoms with E-state index in [0.29, 0.717) is 0 Å². The zero-order valence-corrected chi connectivity index (χ0v) is 24.6. The van der Waals surface area contributed by atoms with Gasteiger partial charge in [-0.05, 0) is 49.4 Å². The van der Waals surface area contributed by atoms with Crippen LogP contribution in [0.25, 0.3) is 0 Å². The van der Waals surface area contributed by atoms with E-state index in [1.54, 1.807) is 0 Å². The Morgan fingerprint density at radius 1 is 0.351 bits per heavy atom. The van der Waals surface area contributed by atoms with Gasteiger partial charge in [0.15, 0.2) is 0 Å². The fourth-order valence-electron chi connectivity index (χ4n) is 3.45. The summed E-state index contributed by atoms with van der Waals surface area (Å²) in [5, 5.41) is 5.89. The van der Waals surface area contributed by atoms with Crippen LogP contribution in [0.1, 0.15) is 0 Å². The summed E-state index contributed by atoms with van der Waals surface area (Å²) in [4.78, 5) is 0. The van der Waals surface area contributed by atoms with E-state index in [1.807, 2.05) is 0 Å². The van der Waals surface area contributed by atoms with Crippen LogP contribution in [0.5, 0.6) is 0 Å². The van der Waals surface area contributed by atoms with E-state index >= 15 is 0 Å². The van der Waals surface area contributed by atoms with E-state index in [4.69, 9.17) is 18.6 Å². The molecular formula is C30H24O4P2W. The first-order valence-corrected chi connectivity index (χ1v) is 13.5. The van der Waals surface area contributed by atoms with Crippen molar-refractivity contribution in [1.29, 1.82) is 0 Å². The minimum Gasteiger partial charge on any atom is -0.0622 e. The largest absolute Gasteiger partial charge is 0.0622 e. The first kappa shape index (κ1) is 36.5. The Morgan fingerprint density at radius 3 is 0.676 bits per heavy atom. The van der Waals surface area contributed by atoms with E-state index in [9.17, 15) is 0 Å². The summed E-state index contributed by atoms with van der Waals surface area (Å²) in [7, 11) is -0.696. The van der Waals surface area contributed by atoms with E-state index in [1.165, 1.54) is 33.5 Å². The van der Waals surface area contributed by atoms with Crippen molar-refractivity contribution < 1.29 is 39.7 Å². The summed E-state index contributed by atoms with van der Waals surface area (Å²) in [6, 6.07) is 44.2. The molecule has 0 aliphatic carbocycles. The van der Waals surface area contributed by atoms with Gasteiger partial charge in [0.25, 0.3) is 0 Å². The molecule has 4 aromatic rings. The summed E-state index contributed by atoms with van der Waals surface area (Å²) in [6.45, 7) is 18.0. The van der Waals surface area contributed by atoms with Crippen LogP contribution in [-0.4, -0.2) is 12.3 Å². The predicted molar refractivity (Wildman–Crippen MR) is 144 cm³/mol. The fraction of sp³-hybridized carbons (Fsp3) is 0.0667. The summed E-state index contributed by atoms with van der Waals surface area (Å²) in [6.07, 6.45) is 2.41. The molecule has 0 aliphatic heterocycles. The maximum atomic E-state index is 7.50. The van der Waals surface area contributed by atoms with Gasteiger partial charge in [0.1, 0.15) is 0 Å². The number of hydrogen-bond acceptors (Lipinski definition) is 0. The summed E-state index contributed by atoms with van der Waals surface area (Å²) in [5.74, 6) is 0. The van der Waals surface area contributed by atoms with Crippen LogP contribution in [0.15, 0.2) is 121 Å². The van der Waals surface area contributed by atoms with Crippen molar-refractivity contribution in [2.45, 2.75) is 0 Å². The van der Waals surface area contributed by atoms with E-state index < -0.39 is 0 Å². The standard InChI is InChI=1S/C26H24P2.4CO.W/c1-5-13-23(14-6-1)27(24-15-7-2-8-16-24)21-22-28(25-17-9-3-10-18-25)26-19-11-4-12-20-26;4*1-2;/h1-20H,21-22H2;;;;;. The summed E-state index contributed by atoms with van der Waals surface area (Å²) >= 11 is 0. The van der Waals surface area contributed by atoms with Gasteiger partial charge in [-0.2, -0.15) is 0 Å². The van der Waals surface area contributed by atoms with Gasteiger partial charge in [0.2, 0.25) is 0 Å². The molecule has 0 atom stereocenters. The Labute approximate surface area is 236 Å². The topological polar surface area (TPSA) is 79.6 Å². The molecule has 0 spiro atoms. The van der Waals surface area contributed by atoms with Gasteiger partial charge >= 0.3 is 45.2 Å². The Kier molecular flexibility index (Phi) is 24.7. The minimum atomic E-state index is -0.348.